The summed E-state index contributed by atoms with van der Waals surface area (Å²) in [5.74, 6) is 0.308. The van der Waals surface area contributed by atoms with Crippen molar-refractivity contribution in [2.45, 2.75) is 33.1 Å². The fourth-order valence-corrected chi connectivity index (χ4v) is 2.91. The van der Waals surface area contributed by atoms with Crippen molar-refractivity contribution in [2.24, 2.45) is 5.92 Å². The van der Waals surface area contributed by atoms with Crippen LogP contribution >= 0.6 is 15.9 Å². The maximum atomic E-state index is 12.2. The second-order valence-corrected chi connectivity index (χ2v) is 5.94. The number of hydrogen-bond acceptors (Lipinski definition) is 1. The number of alkyl halides is 1. The topological polar surface area (TPSA) is 20.3 Å². The van der Waals surface area contributed by atoms with Crippen LogP contribution in [0.15, 0.2) is 18.2 Å². The maximum absolute atomic E-state index is 12.2. The highest BCUT2D eigenvalue weighted by atomic mass is 79.9. The van der Waals surface area contributed by atoms with Gasteiger partial charge in [-0.3, -0.25) is 4.79 Å². The van der Waals surface area contributed by atoms with Gasteiger partial charge in [0.2, 0.25) is 5.91 Å². The minimum absolute atomic E-state index is 0.0677. The molecule has 98 valence electrons. The van der Waals surface area contributed by atoms with Gasteiger partial charge in [0.15, 0.2) is 0 Å². The summed E-state index contributed by atoms with van der Waals surface area (Å²) in [6.45, 7) is 4.80. The molecule has 0 saturated carbocycles. The standard InChI is InChI=1S/C15H20BrNO/c1-11(2)15(18)17-9-3-4-13-10-12(7-8-16)5-6-14(13)17/h5-6,10-11H,3-4,7-9H2,1-2H3. The summed E-state index contributed by atoms with van der Waals surface area (Å²) in [5.41, 5.74) is 3.80. The van der Waals surface area contributed by atoms with Crippen LogP contribution < -0.4 is 4.90 Å². The van der Waals surface area contributed by atoms with E-state index >= 15 is 0 Å². The van der Waals surface area contributed by atoms with Crippen molar-refractivity contribution in [3.63, 3.8) is 0 Å². The Morgan fingerprint density at radius 2 is 2.22 bits per heavy atom. The third-order valence-corrected chi connectivity index (χ3v) is 3.80. The first-order valence-corrected chi connectivity index (χ1v) is 7.74. The van der Waals surface area contributed by atoms with Gasteiger partial charge in [-0.2, -0.15) is 0 Å². The number of hydrogen-bond donors (Lipinski definition) is 0. The van der Waals surface area contributed by atoms with Crippen molar-refractivity contribution in [3.05, 3.63) is 29.3 Å². The lowest BCUT2D eigenvalue weighted by molar-refractivity contribution is -0.121. The zero-order chi connectivity index (χ0) is 13.1. The lowest BCUT2D eigenvalue weighted by Gasteiger charge is -2.31. The molecular weight excluding hydrogens is 290 g/mol. The number of carbonyl (C=O) groups is 1. The first-order valence-electron chi connectivity index (χ1n) is 6.62. The molecule has 1 amide bonds. The van der Waals surface area contributed by atoms with Gasteiger partial charge in [0.25, 0.3) is 0 Å². The monoisotopic (exact) mass is 309 g/mol. The van der Waals surface area contributed by atoms with E-state index < -0.39 is 0 Å². The van der Waals surface area contributed by atoms with Gasteiger partial charge in [-0.1, -0.05) is 41.9 Å². The molecule has 1 aromatic carbocycles. The first kappa shape index (κ1) is 13.6. The van der Waals surface area contributed by atoms with E-state index in [4.69, 9.17) is 0 Å². The zero-order valence-electron chi connectivity index (χ0n) is 11.1. The van der Waals surface area contributed by atoms with Crippen LogP contribution in [0.5, 0.6) is 0 Å². The number of rotatable bonds is 3. The minimum atomic E-state index is 0.0677. The summed E-state index contributed by atoms with van der Waals surface area (Å²) in [7, 11) is 0. The van der Waals surface area contributed by atoms with Crippen molar-refractivity contribution in [1.82, 2.24) is 0 Å². The number of halogens is 1. The predicted octanol–water partition coefficient (Wildman–Crippen LogP) is 3.56. The van der Waals surface area contributed by atoms with Gasteiger partial charge < -0.3 is 4.90 Å². The summed E-state index contributed by atoms with van der Waals surface area (Å²) in [4.78, 5) is 14.1. The smallest absolute Gasteiger partial charge is 0.229 e. The molecule has 2 nitrogen and oxygen atoms in total. The molecule has 0 N–H and O–H groups in total. The summed E-state index contributed by atoms with van der Waals surface area (Å²) in [5, 5.41) is 0.987. The predicted molar refractivity (Wildman–Crippen MR) is 79.5 cm³/mol. The van der Waals surface area contributed by atoms with E-state index in [0.29, 0.717) is 0 Å². The molecule has 0 spiro atoms. The lowest BCUT2D eigenvalue weighted by atomic mass is 9.97. The Kier molecular flexibility index (Phi) is 4.44. The normalized spacial score (nSPS) is 14.8. The molecule has 3 heteroatoms. The van der Waals surface area contributed by atoms with Gasteiger partial charge in [-0.25, -0.2) is 0 Å². The average Bonchev–Trinajstić information content (AvgIpc) is 2.37. The van der Waals surface area contributed by atoms with Crippen molar-refractivity contribution in [1.29, 1.82) is 0 Å². The van der Waals surface area contributed by atoms with Crippen LogP contribution in [-0.4, -0.2) is 17.8 Å². The highest BCUT2D eigenvalue weighted by Crippen LogP contribution is 2.29. The van der Waals surface area contributed by atoms with Gasteiger partial charge in [-0.05, 0) is 36.5 Å². The van der Waals surface area contributed by atoms with Gasteiger partial charge in [0, 0.05) is 23.5 Å². The zero-order valence-corrected chi connectivity index (χ0v) is 12.7. The molecule has 1 aliphatic heterocycles. The summed E-state index contributed by atoms with van der Waals surface area (Å²) in [6, 6.07) is 6.52. The second-order valence-electron chi connectivity index (χ2n) is 5.15. The molecule has 0 atom stereocenters. The van der Waals surface area contributed by atoms with E-state index in [0.717, 1.165) is 36.8 Å². The molecular formula is C15H20BrNO. The Hall–Kier alpha value is -0.830. The molecule has 2 rings (SSSR count). The highest BCUT2D eigenvalue weighted by Gasteiger charge is 2.24. The van der Waals surface area contributed by atoms with Crippen LogP contribution in [0.25, 0.3) is 0 Å². The quantitative estimate of drug-likeness (QED) is 0.782. The van der Waals surface area contributed by atoms with Crippen molar-refractivity contribution in [2.75, 3.05) is 16.8 Å². The van der Waals surface area contributed by atoms with Crippen LogP contribution in [0.2, 0.25) is 0 Å². The lowest BCUT2D eigenvalue weighted by Crippen LogP contribution is -2.38. The molecule has 1 heterocycles. The van der Waals surface area contributed by atoms with E-state index in [1.807, 2.05) is 18.7 Å². The Labute approximate surface area is 117 Å². The number of carbonyl (C=O) groups excluding carboxylic acids is 1. The van der Waals surface area contributed by atoms with Gasteiger partial charge in [-0.15, -0.1) is 0 Å². The van der Waals surface area contributed by atoms with Crippen LogP contribution in [0.3, 0.4) is 0 Å². The number of aryl methyl sites for hydroxylation is 2. The summed E-state index contributed by atoms with van der Waals surface area (Å²) < 4.78 is 0. The number of amides is 1. The van der Waals surface area contributed by atoms with Crippen LogP contribution in [0.4, 0.5) is 5.69 Å². The van der Waals surface area contributed by atoms with E-state index in [2.05, 4.69) is 34.1 Å². The maximum Gasteiger partial charge on any atom is 0.229 e. The summed E-state index contributed by atoms with van der Waals surface area (Å²) in [6.07, 6.45) is 3.21. The number of fused-ring (bicyclic) bond motifs is 1. The molecule has 0 saturated heterocycles. The van der Waals surface area contributed by atoms with E-state index in [9.17, 15) is 4.79 Å². The number of nitrogens with zero attached hydrogens (tertiary/aromatic N) is 1. The van der Waals surface area contributed by atoms with Crippen LogP contribution in [0.1, 0.15) is 31.4 Å². The molecule has 0 fully saturated rings. The van der Waals surface area contributed by atoms with Crippen molar-refractivity contribution >= 4 is 27.5 Å². The Morgan fingerprint density at radius 3 is 2.89 bits per heavy atom. The fraction of sp³-hybridized carbons (Fsp3) is 0.533. The van der Waals surface area contributed by atoms with E-state index in [1.54, 1.807) is 0 Å². The van der Waals surface area contributed by atoms with Gasteiger partial charge in [0.1, 0.15) is 0 Å². The Morgan fingerprint density at radius 1 is 1.44 bits per heavy atom. The van der Waals surface area contributed by atoms with Crippen molar-refractivity contribution in [3.8, 4) is 0 Å². The first-order chi connectivity index (χ1) is 8.63. The van der Waals surface area contributed by atoms with Crippen molar-refractivity contribution < 1.29 is 4.79 Å². The largest absolute Gasteiger partial charge is 0.312 e. The Balaban J connectivity index is 2.30. The highest BCUT2D eigenvalue weighted by molar-refractivity contribution is 9.09. The Bertz CT molecular complexity index is 442. The van der Waals surface area contributed by atoms with Crippen LogP contribution in [0, 0.1) is 5.92 Å². The molecule has 1 aromatic rings. The molecule has 1 aliphatic rings. The SMILES string of the molecule is CC(C)C(=O)N1CCCc2cc(CCBr)ccc21. The number of benzene rings is 1. The molecule has 0 aliphatic carbocycles. The third kappa shape index (κ3) is 2.77. The molecule has 0 radical (unpaired) electrons. The average molecular weight is 310 g/mol. The molecule has 0 unspecified atom stereocenters. The van der Waals surface area contributed by atoms with E-state index in [1.165, 1.54) is 11.1 Å². The molecule has 0 aromatic heterocycles. The van der Waals surface area contributed by atoms with Crippen LogP contribution in [-0.2, 0) is 17.6 Å². The molecule has 0 bridgehead atoms. The van der Waals surface area contributed by atoms with E-state index in [-0.39, 0.29) is 11.8 Å². The molecule has 18 heavy (non-hydrogen) atoms. The van der Waals surface area contributed by atoms with Gasteiger partial charge in [0.05, 0.1) is 0 Å². The second kappa shape index (κ2) is 5.87. The minimum Gasteiger partial charge on any atom is -0.312 e. The third-order valence-electron chi connectivity index (χ3n) is 3.41. The number of anilines is 1. The fourth-order valence-electron chi connectivity index (χ4n) is 2.46. The van der Waals surface area contributed by atoms with Gasteiger partial charge >= 0.3 is 0 Å². The summed E-state index contributed by atoms with van der Waals surface area (Å²) >= 11 is 3.47.